The topological polar surface area (TPSA) is 23.8 Å². The van der Waals surface area contributed by atoms with Crippen LogP contribution < -0.4 is 0 Å². The van der Waals surface area contributed by atoms with Gasteiger partial charge in [-0.25, -0.2) is 4.39 Å². The van der Waals surface area contributed by atoms with E-state index in [0.717, 1.165) is 6.07 Å². The van der Waals surface area contributed by atoms with Crippen molar-refractivity contribution < 1.29 is 17.6 Å². The predicted molar refractivity (Wildman–Crippen MR) is 50.2 cm³/mol. The maximum absolute atomic E-state index is 13.6. The number of halogens is 4. The van der Waals surface area contributed by atoms with E-state index in [0.29, 0.717) is 0 Å². The van der Waals surface area contributed by atoms with Crippen molar-refractivity contribution in [1.82, 2.24) is 0 Å². The van der Waals surface area contributed by atoms with E-state index < -0.39 is 23.1 Å². The molecule has 0 spiro atoms. The molecule has 1 nitrogen and oxygen atoms in total. The summed E-state index contributed by atoms with van der Waals surface area (Å²) < 4.78 is 51.2. The third-order valence-corrected chi connectivity index (χ3v) is 2.20. The summed E-state index contributed by atoms with van der Waals surface area (Å²) in [5.74, 6) is -1.71. The number of nitrogens with zero attached hydrogens (tertiary/aromatic N) is 1. The fourth-order valence-electron chi connectivity index (χ4n) is 1.41. The summed E-state index contributed by atoms with van der Waals surface area (Å²) in [5, 5.41) is 8.52. The molecule has 0 saturated carbocycles. The van der Waals surface area contributed by atoms with Gasteiger partial charge in [-0.1, -0.05) is 19.9 Å². The molecule has 0 N–H and O–H groups in total. The van der Waals surface area contributed by atoms with Crippen molar-refractivity contribution in [2.75, 3.05) is 0 Å². The summed E-state index contributed by atoms with van der Waals surface area (Å²) in [6.07, 6.45) is -4.85. The lowest BCUT2D eigenvalue weighted by Crippen LogP contribution is -2.13. The normalized spacial score (nSPS) is 11.6. The van der Waals surface area contributed by atoms with Gasteiger partial charge in [0.1, 0.15) is 11.4 Å². The van der Waals surface area contributed by atoms with Gasteiger partial charge in [0.05, 0.1) is 11.6 Å². The Labute approximate surface area is 90.3 Å². The van der Waals surface area contributed by atoms with Gasteiger partial charge in [0, 0.05) is 0 Å². The minimum atomic E-state index is -4.85. The Bertz CT molecular complexity index is 441. The monoisotopic (exact) mass is 231 g/mol. The summed E-state index contributed by atoms with van der Waals surface area (Å²) in [7, 11) is 0. The van der Waals surface area contributed by atoms with E-state index in [9.17, 15) is 17.6 Å². The lowest BCUT2D eigenvalue weighted by atomic mass is 9.96. The number of benzene rings is 1. The summed E-state index contributed by atoms with van der Waals surface area (Å²) in [6.45, 7) is 3.18. The molecular formula is C11H9F4N. The molecule has 0 amide bonds. The van der Waals surface area contributed by atoms with Crippen molar-refractivity contribution in [2.45, 2.75) is 25.9 Å². The molecule has 0 unspecified atom stereocenters. The average Bonchev–Trinajstić information content (AvgIpc) is 2.14. The molecule has 0 heterocycles. The molecule has 0 aliphatic rings. The fourth-order valence-corrected chi connectivity index (χ4v) is 1.41. The standard InChI is InChI=1S/C11H9F4N/c1-6(2)8-4-3-7(5-16)9(10(8)12)11(13,14)15/h3-4,6H,1-2H3. The van der Waals surface area contributed by atoms with E-state index in [1.165, 1.54) is 12.1 Å². The Morgan fingerprint density at radius 3 is 2.19 bits per heavy atom. The Hall–Kier alpha value is -1.57. The Balaban J connectivity index is 3.55. The molecule has 0 bridgehead atoms. The van der Waals surface area contributed by atoms with Gasteiger partial charge in [-0.3, -0.25) is 0 Å². The fraction of sp³-hybridized carbons (Fsp3) is 0.364. The van der Waals surface area contributed by atoms with Gasteiger partial charge in [-0.05, 0) is 17.5 Å². The van der Waals surface area contributed by atoms with E-state index >= 15 is 0 Å². The molecule has 5 heteroatoms. The van der Waals surface area contributed by atoms with Gasteiger partial charge < -0.3 is 0 Å². The minimum Gasteiger partial charge on any atom is -0.206 e. The highest BCUT2D eigenvalue weighted by molar-refractivity contribution is 5.44. The third kappa shape index (κ3) is 2.16. The van der Waals surface area contributed by atoms with Crippen LogP contribution in [0.1, 0.15) is 36.5 Å². The predicted octanol–water partition coefficient (Wildman–Crippen LogP) is 3.84. The zero-order valence-corrected chi connectivity index (χ0v) is 8.69. The first-order valence-electron chi connectivity index (χ1n) is 4.58. The summed E-state index contributed by atoms with van der Waals surface area (Å²) in [6, 6.07) is 3.57. The first-order valence-corrected chi connectivity index (χ1v) is 4.58. The number of hydrogen-bond donors (Lipinski definition) is 0. The average molecular weight is 231 g/mol. The second-order valence-corrected chi connectivity index (χ2v) is 3.66. The molecule has 1 aromatic rings. The molecule has 0 atom stereocenters. The second kappa shape index (κ2) is 4.12. The number of hydrogen-bond acceptors (Lipinski definition) is 1. The van der Waals surface area contributed by atoms with Gasteiger partial charge in [0.25, 0.3) is 0 Å². The highest BCUT2D eigenvalue weighted by Crippen LogP contribution is 2.36. The molecule has 0 saturated heterocycles. The maximum Gasteiger partial charge on any atom is 0.420 e. The van der Waals surface area contributed by atoms with Crippen LogP contribution in [-0.2, 0) is 6.18 Å². The highest BCUT2D eigenvalue weighted by atomic mass is 19.4. The van der Waals surface area contributed by atoms with Crippen molar-refractivity contribution in [2.24, 2.45) is 0 Å². The van der Waals surface area contributed by atoms with Crippen LogP contribution in [0.2, 0.25) is 0 Å². The molecule has 0 aliphatic carbocycles. The van der Waals surface area contributed by atoms with Gasteiger partial charge >= 0.3 is 6.18 Å². The Morgan fingerprint density at radius 1 is 1.25 bits per heavy atom. The molecule has 0 aliphatic heterocycles. The van der Waals surface area contributed by atoms with Crippen LogP contribution in [0.3, 0.4) is 0 Å². The van der Waals surface area contributed by atoms with E-state index in [2.05, 4.69) is 0 Å². The van der Waals surface area contributed by atoms with Crippen molar-refractivity contribution >= 4 is 0 Å². The molecule has 1 rings (SSSR count). The molecule has 1 aromatic carbocycles. The molecule has 0 fully saturated rings. The Morgan fingerprint density at radius 2 is 1.81 bits per heavy atom. The zero-order chi connectivity index (χ0) is 12.5. The van der Waals surface area contributed by atoms with Crippen LogP contribution >= 0.6 is 0 Å². The van der Waals surface area contributed by atoms with Crippen LogP contribution in [0.25, 0.3) is 0 Å². The van der Waals surface area contributed by atoms with Crippen molar-refractivity contribution in [3.8, 4) is 6.07 Å². The van der Waals surface area contributed by atoms with Crippen LogP contribution in [0.5, 0.6) is 0 Å². The zero-order valence-electron chi connectivity index (χ0n) is 8.69. The molecular weight excluding hydrogens is 222 g/mol. The van der Waals surface area contributed by atoms with E-state index in [-0.39, 0.29) is 11.5 Å². The molecule has 86 valence electrons. The first-order chi connectivity index (χ1) is 7.29. The SMILES string of the molecule is CC(C)c1ccc(C#N)c(C(F)(F)F)c1F. The number of rotatable bonds is 1. The highest BCUT2D eigenvalue weighted by Gasteiger charge is 2.38. The largest absolute Gasteiger partial charge is 0.420 e. The van der Waals surface area contributed by atoms with E-state index in [1.807, 2.05) is 0 Å². The Kier molecular flexibility index (Phi) is 3.22. The van der Waals surface area contributed by atoms with Gasteiger partial charge in [0.15, 0.2) is 0 Å². The maximum atomic E-state index is 13.6. The van der Waals surface area contributed by atoms with E-state index in [4.69, 9.17) is 5.26 Å². The lowest BCUT2D eigenvalue weighted by Gasteiger charge is -2.14. The van der Waals surface area contributed by atoms with Gasteiger partial charge in [-0.2, -0.15) is 18.4 Å². The van der Waals surface area contributed by atoms with Crippen LogP contribution in [0.15, 0.2) is 12.1 Å². The van der Waals surface area contributed by atoms with Crippen molar-refractivity contribution in [3.05, 3.63) is 34.6 Å². The van der Waals surface area contributed by atoms with E-state index in [1.54, 1.807) is 13.8 Å². The van der Waals surface area contributed by atoms with Crippen LogP contribution in [-0.4, -0.2) is 0 Å². The van der Waals surface area contributed by atoms with Crippen LogP contribution in [0.4, 0.5) is 17.6 Å². The summed E-state index contributed by atoms with van der Waals surface area (Å²) in [4.78, 5) is 0. The van der Waals surface area contributed by atoms with Crippen molar-refractivity contribution in [1.29, 1.82) is 5.26 Å². The number of alkyl halides is 3. The van der Waals surface area contributed by atoms with Crippen molar-refractivity contribution in [3.63, 3.8) is 0 Å². The summed E-state index contributed by atoms with van der Waals surface area (Å²) >= 11 is 0. The number of nitriles is 1. The smallest absolute Gasteiger partial charge is 0.206 e. The quantitative estimate of drug-likeness (QED) is 0.673. The van der Waals surface area contributed by atoms with Gasteiger partial charge in [0.2, 0.25) is 0 Å². The third-order valence-electron chi connectivity index (χ3n) is 2.20. The van der Waals surface area contributed by atoms with Crippen LogP contribution in [0, 0.1) is 17.1 Å². The minimum absolute atomic E-state index is 0.0358. The lowest BCUT2D eigenvalue weighted by molar-refractivity contribution is -0.140. The molecule has 0 aromatic heterocycles. The molecule has 0 radical (unpaired) electrons. The molecule has 16 heavy (non-hydrogen) atoms. The second-order valence-electron chi connectivity index (χ2n) is 3.66. The van der Waals surface area contributed by atoms with Gasteiger partial charge in [-0.15, -0.1) is 0 Å². The summed E-state index contributed by atoms with van der Waals surface area (Å²) in [5.41, 5.74) is -2.19. The first kappa shape index (κ1) is 12.5.